The van der Waals surface area contributed by atoms with E-state index in [1.54, 1.807) is 18.6 Å². The Morgan fingerprint density at radius 1 is 1.21 bits per heavy atom. The van der Waals surface area contributed by atoms with Crippen molar-refractivity contribution in [1.82, 2.24) is 29.9 Å². The topological polar surface area (TPSA) is 75.5 Å². The highest BCUT2D eigenvalue weighted by atomic mass is 35.5. The van der Waals surface area contributed by atoms with Crippen LogP contribution in [0.5, 0.6) is 0 Å². The SMILES string of the molecule is CN(Cc1cccc(-n2cccn2)c1)c1ncc2cn[nH]c2n1.Cl. The summed E-state index contributed by atoms with van der Waals surface area (Å²) in [4.78, 5) is 10.9. The van der Waals surface area contributed by atoms with E-state index in [9.17, 15) is 0 Å². The van der Waals surface area contributed by atoms with Gasteiger partial charge in [-0.15, -0.1) is 12.4 Å². The molecule has 0 aliphatic rings. The average Bonchev–Trinajstić information content (AvgIpc) is 3.26. The maximum absolute atomic E-state index is 4.48. The monoisotopic (exact) mass is 341 g/mol. The van der Waals surface area contributed by atoms with Gasteiger partial charge in [0.2, 0.25) is 5.95 Å². The average molecular weight is 342 g/mol. The lowest BCUT2D eigenvalue weighted by Gasteiger charge is -2.17. The van der Waals surface area contributed by atoms with Crippen LogP contribution in [0.4, 0.5) is 5.95 Å². The van der Waals surface area contributed by atoms with Crippen molar-refractivity contribution in [1.29, 1.82) is 0 Å². The molecule has 122 valence electrons. The maximum Gasteiger partial charge on any atom is 0.227 e. The number of rotatable bonds is 4. The lowest BCUT2D eigenvalue weighted by molar-refractivity contribution is 0.854. The zero-order chi connectivity index (χ0) is 15.6. The van der Waals surface area contributed by atoms with E-state index in [2.05, 4.69) is 37.4 Å². The smallest absolute Gasteiger partial charge is 0.227 e. The molecule has 4 rings (SSSR count). The van der Waals surface area contributed by atoms with Gasteiger partial charge in [-0.2, -0.15) is 15.2 Å². The first-order valence-electron chi connectivity index (χ1n) is 7.26. The van der Waals surface area contributed by atoms with Crippen LogP contribution in [0.25, 0.3) is 16.7 Å². The van der Waals surface area contributed by atoms with Gasteiger partial charge in [0, 0.05) is 32.2 Å². The van der Waals surface area contributed by atoms with E-state index in [-0.39, 0.29) is 12.4 Å². The van der Waals surface area contributed by atoms with Crippen molar-refractivity contribution in [3.05, 3.63) is 60.7 Å². The molecule has 0 spiro atoms. The third-order valence-corrected chi connectivity index (χ3v) is 3.62. The minimum atomic E-state index is 0. The standard InChI is InChI=1S/C16H15N7.ClH/c1-22(16-17-9-13-10-18-21-15(13)20-16)11-12-4-2-5-14(8-12)23-7-3-6-19-23;/h2-10H,11H2,1H3,(H,17,18,20,21);1H. The number of benzene rings is 1. The highest BCUT2D eigenvalue weighted by Crippen LogP contribution is 2.16. The molecule has 0 fully saturated rings. The highest BCUT2D eigenvalue weighted by Gasteiger charge is 2.08. The molecule has 3 aromatic heterocycles. The molecule has 7 nitrogen and oxygen atoms in total. The van der Waals surface area contributed by atoms with Crippen LogP contribution in [0, 0.1) is 0 Å². The lowest BCUT2D eigenvalue weighted by Crippen LogP contribution is -2.19. The van der Waals surface area contributed by atoms with Crippen LogP contribution >= 0.6 is 12.4 Å². The molecule has 3 heterocycles. The molecule has 0 saturated heterocycles. The maximum atomic E-state index is 4.48. The van der Waals surface area contributed by atoms with Crippen LogP contribution in [-0.4, -0.2) is 37.0 Å². The molecule has 0 amide bonds. The molecule has 1 N–H and O–H groups in total. The van der Waals surface area contributed by atoms with Crippen molar-refractivity contribution >= 4 is 29.4 Å². The molecule has 24 heavy (non-hydrogen) atoms. The van der Waals surface area contributed by atoms with Crippen molar-refractivity contribution in [3.8, 4) is 5.69 Å². The second-order valence-corrected chi connectivity index (χ2v) is 5.32. The molecule has 1 aromatic carbocycles. The first-order chi connectivity index (χ1) is 11.3. The van der Waals surface area contributed by atoms with Crippen LogP contribution in [0.2, 0.25) is 0 Å². The lowest BCUT2D eigenvalue weighted by atomic mass is 10.2. The van der Waals surface area contributed by atoms with Gasteiger partial charge < -0.3 is 4.90 Å². The van der Waals surface area contributed by atoms with Gasteiger partial charge in [-0.25, -0.2) is 9.67 Å². The molecule has 0 unspecified atom stereocenters. The first-order valence-corrected chi connectivity index (χ1v) is 7.26. The van der Waals surface area contributed by atoms with E-state index in [0.717, 1.165) is 22.3 Å². The Kier molecular flexibility index (Phi) is 4.43. The molecular weight excluding hydrogens is 326 g/mol. The number of nitrogens with one attached hydrogen (secondary N) is 1. The predicted molar refractivity (Wildman–Crippen MR) is 94.6 cm³/mol. The van der Waals surface area contributed by atoms with Gasteiger partial charge in [0.25, 0.3) is 0 Å². The van der Waals surface area contributed by atoms with Crippen LogP contribution < -0.4 is 4.90 Å². The minimum absolute atomic E-state index is 0. The van der Waals surface area contributed by atoms with E-state index < -0.39 is 0 Å². The summed E-state index contributed by atoms with van der Waals surface area (Å²) in [6.45, 7) is 0.703. The quantitative estimate of drug-likeness (QED) is 0.617. The third kappa shape index (κ3) is 3.07. The van der Waals surface area contributed by atoms with Crippen molar-refractivity contribution < 1.29 is 0 Å². The Labute approximate surface area is 144 Å². The molecule has 0 radical (unpaired) electrons. The largest absolute Gasteiger partial charge is 0.339 e. The van der Waals surface area contributed by atoms with Gasteiger partial charge in [0.15, 0.2) is 5.65 Å². The van der Waals surface area contributed by atoms with Gasteiger partial charge >= 0.3 is 0 Å². The summed E-state index contributed by atoms with van der Waals surface area (Å²) in [5.74, 6) is 0.659. The number of aromatic nitrogens is 6. The van der Waals surface area contributed by atoms with Gasteiger partial charge in [-0.05, 0) is 23.8 Å². The van der Waals surface area contributed by atoms with Crippen molar-refractivity contribution in [2.75, 3.05) is 11.9 Å². The number of hydrogen-bond acceptors (Lipinski definition) is 5. The number of anilines is 1. The van der Waals surface area contributed by atoms with E-state index in [4.69, 9.17) is 0 Å². The molecule has 0 aliphatic heterocycles. The fraction of sp³-hybridized carbons (Fsp3) is 0.125. The minimum Gasteiger partial charge on any atom is -0.339 e. The number of hydrogen-bond donors (Lipinski definition) is 1. The number of halogens is 1. The Morgan fingerprint density at radius 2 is 2.12 bits per heavy atom. The molecule has 0 atom stereocenters. The number of nitrogens with zero attached hydrogens (tertiary/aromatic N) is 6. The molecular formula is C16H16ClN7. The van der Waals surface area contributed by atoms with Gasteiger partial charge in [-0.1, -0.05) is 12.1 Å². The zero-order valence-electron chi connectivity index (χ0n) is 13.0. The summed E-state index contributed by atoms with van der Waals surface area (Å²) in [7, 11) is 1.97. The summed E-state index contributed by atoms with van der Waals surface area (Å²) >= 11 is 0. The number of H-pyrrole nitrogens is 1. The van der Waals surface area contributed by atoms with E-state index in [1.165, 1.54) is 0 Å². The van der Waals surface area contributed by atoms with E-state index >= 15 is 0 Å². The van der Waals surface area contributed by atoms with Crippen molar-refractivity contribution in [2.45, 2.75) is 6.54 Å². The first kappa shape index (κ1) is 15.9. The second-order valence-electron chi connectivity index (χ2n) is 5.32. The summed E-state index contributed by atoms with van der Waals surface area (Å²) in [5, 5.41) is 12.0. The van der Waals surface area contributed by atoms with Crippen LogP contribution in [0.1, 0.15) is 5.56 Å². The van der Waals surface area contributed by atoms with Gasteiger partial charge in [0.1, 0.15) is 0 Å². The van der Waals surface area contributed by atoms with Crippen molar-refractivity contribution in [3.63, 3.8) is 0 Å². The normalized spacial score (nSPS) is 10.5. The van der Waals surface area contributed by atoms with Crippen LogP contribution in [0.15, 0.2) is 55.1 Å². The summed E-state index contributed by atoms with van der Waals surface area (Å²) < 4.78 is 1.84. The van der Waals surface area contributed by atoms with Crippen LogP contribution in [0.3, 0.4) is 0 Å². The number of aromatic amines is 1. The highest BCUT2D eigenvalue weighted by molar-refractivity contribution is 5.85. The Bertz CT molecular complexity index is 932. The van der Waals surface area contributed by atoms with Crippen LogP contribution in [-0.2, 0) is 6.54 Å². The fourth-order valence-corrected chi connectivity index (χ4v) is 2.48. The Hall–Kier alpha value is -2.93. The van der Waals surface area contributed by atoms with Gasteiger partial charge in [-0.3, -0.25) is 5.10 Å². The molecule has 0 bridgehead atoms. The summed E-state index contributed by atoms with van der Waals surface area (Å²) in [6.07, 6.45) is 7.19. The van der Waals surface area contributed by atoms with Gasteiger partial charge in [0.05, 0.1) is 17.3 Å². The van der Waals surface area contributed by atoms with E-state index in [0.29, 0.717) is 12.5 Å². The molecule has 0 aliphatic carbocycles. The second kappa shape index (κ2) is 6.67. The predicted octanol–water partition coefficient (Wildman–Crippen LogP) is 2.60. The Balaban J connectivity index is 0.00000169. The third-order valence-electron chi connectivity index (χ3n) is 3.62. The molecule has 4 aromatic rings. The summed E-state index contributed by atoms with van der Waals surface area (Å²) in [5.41, 5.74) is 2.94. The van der Waals surface area contributed by atoms with E-state index in [1.807, 2.05) is 41.0 Å². The molecule has 0 saturated carbocycles. The number of fused-ring (bicyclic) bond motifs is 1. The fourth-order valence-electron chi connectivity index (χ4n) is 2.48. The Morgan fingerprint density at radius 3 is 2.96 bits per heavy atom. The molecule has 8 heteroatoms. The summed E-state index contributed by atoms with van der Waals surface area (Å²) in [6, 6.07) is 10.2. The zero-order valence-corrected chi connectivity index (χ0v) is 13.8. The van der Waals surface area contributed by atoms with Crippen molar-refractivity contribution in [2.24, 2.45) is 0 Å².